The Balaban J connectivity index is 1.78. The highest BCUT2D eigenvalue weighted by molar-refractivity contribution is 5.81. The second kappa shape index (κ2) is 6.72. The molecule has 0 bridgehead atoms. The Bertz CT molecular complexity index is 422. The summed E-state index contributed by atoms with van der Waals surface area (Å²) in [5.41, 5.74) is 0. The lowest BCUT2D eigenvalue weighted by atomic mass is 10.0. The zero-order chi connectivity index (χ0) is 16.3. The molecule has 22 heavy (non-hydrogen) atoms. The Morgan fingerprint density at radius 2 is 2.00 bits per heavy atom. The van der Waals surface area contributed by atoms with Gasteiger partial charge in [0.1, 0.15) is 6.54 Å². The molecule has 0 spiro atoms. The largest absolute Gasteiger partial charge is 0.405 e. The SMILES string of the molecule is CC(C(=O)NCC(F)(F)F)N1CCC(N2CCNC2=O)CC1. The molecule has 2 fully saturated rings. The van der Waals surface area contributed by atoms with E-state index in [1.54, 1.807) is 11.8 Å². The van der Waals surface area contributed by atoms with Crippen molar-refractivity contribution in [3.05, 3.63) is 0 Å². The van der Waals surface area contributed by atoms with Gasteiger partial charge in [-0.05, 0) is 19.8 Å². The topological polar surface area (TPSA) is 64.7 Å². The van der Waals surface area contributed by atoms with Gasteiger partial charge < -0.3 is 15.5 Å². The molecule has 1 unspecified atom stereocenters. The highest BCUT2D eigenvalue weighted by atomic mass is 19.4. The van der Waals surface area contributed by atoms with E-state index in [9.17, 15) is 22.8 Å². The highest BCUT2D eigenvalue weighted by Crippen LogP contribution is 2.20. The number of rotatable bonds is 4. The van der Waals surface area contributed by atoms with E-state index >= 15 is 0 Å². The third kappa shape index (κ3) is 4.25. The van der Waals surface area contributed by atoms with Gasteiger partial charge in [-0.3, -0.25) is 9.69 Å². The minimum absolute atomic E-state index is 0.0607. The standard InChI is InChI=1S/C13H21F3N4O2/c1-9(11(21)18-8-13(14,15)16)19-5-2-10(3-6-19)20-7-4-17-12(20)22/h9-10H,2-8H2,1H3,(H,17,22)(H,18,21). The molecule has 0 aliphatic carbocycles. The molecule has 126 valence electrons. The van der Waals surface area contributed by atoms with Crippen LogP contribution in [0.25, 0.3) is 0 Å². The van der Waals surface area contributed by atoms with Crippen LogP contribution < -0.4 is 10.6 Å². The van der Waals surface area contributed by atoms with E-state index in [0.717, 1.165) is 12.8 Å². The van der Waals surface area contributed by atoms with Gasteiger partial charge in [0.2, 0.25) is 5.91 Å². The predicted octanol–water partition coefficient (Wildman–Crippen LogP) is 0.543. The van der Waals surface area contributed by atoms with Crippen LogP contribution in [0.15, 0.2) is 0 Å². The Morgan fingerprint density at radius 3 is 2.50 bits per heavy atom. The number of nitrogens with zero attached hydrogens (tertiary/aromatic N) is 2. The van der Waals surface area contributed by atoms with E-state index in [0.29, 0.717) is 26.2 Å². The van der Waals surface area contributed by atoms with Crippen molar-refractivity contribution in [3.8, 4) is 0 Å². The maximum atomic E-state index is 12.1. The van der Waals surface area contributed by atoms with Crippen molar-refractivity contribution in [2.45, 2.75) is 38.0 Å². The van der Waals surface area contributed by atoms with Crippen LogP contribution in [0, 0.1) is 0 Å². The van der Waals surface area contributed by atoms with E-state index < -0.39 is 24.7 Å². The van der Waals surface area contributed by atoms with Crippen LogP contribution in [0.3, 0.4) is 0 Å². The summed E-state index contributed by atoms with van der Waals surface area (Å²) in [6.45, 7) is 2.82. The first kappa shape index (κ1) is 16.9. The first-order valence-corrected chi connectivity index (χ1v) is 7.41. The third-order valence-electron chi connectivity index (χ3n) is 4.22. The number of carbonyl (C=O) groups excluding carboxylic acids is 2. The Labute approximate surface area is 127 Å². The van der Waals surface area contributed by atoms with E-state index in [4.69, 9.17) is 0 Å². The third-order valence-corrected chi connectivity index (χ3v) is 4.22. The number of hydrogen-bond acceptors (Lipinski definition) is 3. The van der Waals surface area contributed by atoms with E-state index in [1.807, 2.05) is 10.2 Å². The molecule has 0 saturated carbocycles. The molecule has 2 rings (SSSR count). The first-order valence-electron chi connectivity index (χ1n) is 7.41. The summed E-state index contributed by atoms with van der Waals surface area (Å²) in [4.78, 5) is 27.0. The fourth-order valence-electron chi connectivity index (χ4n) is 2.92. The maximum absolute atomic E-state index is 12.1. The fourth-order valence-corrected chi connectivity index (χ4v) is 2.92. The van der Waals surface area contributed by atoms with Crippen LogP contribution in [-0.4, -0.2) is 72.7 Å². The Morgan fingerprint density at radius 1 is 1.36 bits per heavy atom. The van der Waals surface area contributed by atoms with Crippen molar-refractivity contribution in [3.63, 3.8) is 0 Å². The Kier molecular flexibility index (Phi) is 5.15. The summed E-state index contributed by atoms with van der Waals surface area (Å²) in [7, 11) is 0. The van der Waals surface area contributed by atoms with Crippen LogP contribution in [0.1, 0.15) is 19.8 Å². The molecule has 6 nitrogen and oxygen atoms in total. The number of hydrogen-bond donors (Lipinski definition) is 2. The normalized spacial score (nSPS) is 22.5. The number of halogens is 3. The summed E-state index contributed by atoms with van der Waals surface area (Å²) in [6.07, 6.45) is -2.94. The summed E-state index contributed by atoms with van der Waals surface area (Å²) >= 11 is 0. The number of urea groups is 1. The van der Waals surface area contributed by atoms with Gasteiger partial charge in [0.05, 0.1) is 6.04 Å². The van der Waals surface area contributed by atoms with Gasteiger partial charge in [-0.1, -0.05) is 0 Å². The molecule has 9 heteroatoms. The number of likely N-dealkylation sites (tertiary alicyclic amines) is 1. The van der Waals surface area contributed by atoms with Crippen molar-refractivity contribution < 1.29 is 22.8 Å². The molecular formula is C13H21F3N4O2. The fraction of sp³-hybridized carbons (Fsp3) is 0.846. The molecule has 2 heterocycles. The average Bonchev–Trinajstić information content (AvgIpc) is 2.89. The molecule has 2 aliphatic rings. The second-order valence-electron chi connectivity index (χ2n) is 5.70. The van der Waals surface area contributed by atoms with Crippen molar-refractivity contribution in [2.24, 2.45) is 0 Å². The quantitative estimate of drug-likeness (QED) is 0.794. The zero-order valence-corrected chi connectivity index (χ0v) is 12.4. The highest BCUT2D eigenvalue weighted by Gasteiger charge is 2.34. The smallest absolute Gasteiger partial charge is 0.346 e. The Hall–Kier alpha value is -1.51. The second-order valence-corrected chi connectivity index (χ2v) is 5.70. The maximum Gasteiger partial charge on any atom is 0.405 e. The van der Waals surface area contributed by atoms with Crippen LogP contribution in [0.5, 0.6) is 0 Å². The van der Waals surface area contributed by atoms with Gasteiger partial charge >= 0.3 is 12.2 Å². The van der Waals surface area contributed by atoms with Gasteiger partial charge in [0.15, 0.2) is 0 Å². The van der Waals surface area contributed by atoms with Gasteiger partial charge in [0.25, 0.3) is 0 Å². The summed E-state index contributed by atoms with van der Waals surface area (Å²) in [5, 5.41) is 4.67. The molecule has 3 amide bonds. The van der Waals surface area contributed by atoms with Crippen LogP contribution >= 0.6 is 0 Å². The molecule has 0 radical (unpaired) electrons. The summed E-state index contributed by atoms with van der Waals surface area (Å²) < 4.78 is 36.3. The van der Waals surface area contributed by atoms with Gasteiger partial charge in [-0.2, -0.15) is 13.2 Å². The monoisotopic (exact) mass is 322 g/mol. The van der Waals surface area contributed by atoms with Crippen LogP contribution in [0.2, 0.25) is 0 Å². The molecule has 0 aromatic heterocycles. The number of alkyl halides is 3. The van der Waals surface area contributed by atoms with Crippen molar-refractivity contribution >= 4 is 11.9 Å². The van der Waals surface area contributed by atoms with Gasteiger partial charge in [-0.15, -0.1) is 0 Å². The minimum Gasteiger partial charge on any atom is -0.346 e. The van der Waals surface area contributed by atoms with Crippen molar-refractivity contribution in [2.75, 3.05) is 32.7 Å². The lowest BCUT2D eigenvalue weighted by Crippen LogP contribution is -2.53. The molecule has 2 aliphatic heterocycles. The summed E-state index contributed by atoms with van der Waals surface area (Å²) in [5.74, 6) is -0.616. The number of piperidine rings is 1. The number of nitrogens with one attached hydrogen (secondary N) is 2. The van der Waals surface area contributed by atoms with Gasteiger partial charge in [-0.25, -0.2) is 4.79 Å². The van der Waals surface area contributed by atoms with Gasteiger partial charge in [0, 0.05) is 32.2 Å². The van der Waals surface area contributed by atoms with Crippen LogP contribution in [-0.2, 0) is 4.79 Å². The zero-order valence-electron chi connectivity index (χ0n) is 12.4. The minimum atomic E-state index is -4.40. The molecule has 1 atom stereocenters. The lowest BCUT2D eigenvalue weighted by Gasteiger charge is -2.38. The van der Waals surface area contributed by atoms with Crippen molar-refractivity contribution in [1.82, 2.24) is 20.4 Å². The van der Waals surface area contributed by atoms with Crippen LogP contribution in [0.4, 0.5) is 18.0 Å². The number of carbonyl (C=O) groups is 2. The molecule has 0 aromatic carbocycles. The lowest BCUT2D eigenvalue weighted by molar-refractivity contribution is -0.141. The first-order chi connectivity index (χ1) is 10.3. The van der Waals surface area contributed by atoms with Crippen molar-refractivity contribution in [1.29, 1.82) is 0 Å². The van der Waals surface area contributed by atoms with E-state index in [-0.39, 0.29) is 12.1 Å². The average molecular weight is 322 g/mol. The number of amides is 3. The molecule has 2 saturated heterocycles. The molecule has 2 N–H and O–H groups in total. The van der Waals surface area contributed by atoms with E-state index in [1.165, 1.54) is 0 Å². The summed E-state index contributed by atoms with van der Waals surface area (Å²) in [6, 6.07) is -0.519. The van der Waals surface area contributed by atoms with E-state index in [2.05, 4.69) is 5.32 Å². The molecular weight excluding hydrogens is 301 g/mol. The predicted molar refractivity (Wildman–Crippen MR) is 73.2 cm³/mol. The molecule has 0 aromatic rings.